The molecule has 0 aliphatic heterocycles. The van der Waals surface area contributed by atoms with Gasteiger partial charge in [0.2, 0.25) is 14.2 Å². The minimum atomic E-state index is -3.41. The van der Waals surface area contributed by atoms with Crippen molar-refractivity contribution < 1.29 is 8.42 Å². The number of hydrogen-bond donors (Lipinski definition) is 0. The molecule has 2 aromatic rings. The average molecular weight is 460 g/mol. The zero-order valence-corrected chi connectivity index (χ0v) is 21.2. The third kappa shape index (κ3) is 4.13. The highest BCUT2D eigenvalue weighted by atomic mass is 32.2. The summed E-state index contributed by atoms with van der Waals surface area (Å²) in [7, 11) is -3.41. The number of nitrogens with zero attached hydrogens (tertiary/aromatic N) is 1. The van der Waals surface area contributed by atoms with Gasteiger partial charge in [-0.2, -0.15) is 0 Å². The Hall–Kier alpha value is -1.20. The molecule has 0 unspecified atom stereocenters. The predicted molar refractivity (Wildman–Crippen MR) is 131 cm³/mol. The summed E-state index contributed by atoms with van der Waals surface area (Å²) in [5.41, 5.74) is 0.893. The molecule has 4 rings (SSSR count). The maximum atomic E-state index is 13.7. The van der Waals surface area contributed by atoms with Crippen LogP contribution in [0.5, 0.6) is 0 Å². The van der Waals surface area contributed by atoms with Crippen LogP contribution in [0.4, 0.5) is 0 Å². The molecule has 5 heteroatoms. The summed E-state index contributed by atoms with van der Waals surface area (Å²) in [6.45, 7) is 11.5. The number of thiazole rings is 1. The molecule has 2 aliphatic rings. The van der Waals surface area contributed by atoms with Crippen LogP contribution >= 0.6 is 11.3 Å². The lowest BCUT2D eigenvalue weighted by atomic mass is 9.62. The molecule has 170 valence electrons. The molecule has 2 aliphatic carbocycles. The predicted octanol–water partition coefficient (Wildman–Crippen LogP) is 7.14. The molecule has 1 heterocycles. The molecule has 0 N–H and O–H groups in total. The first-order valence-electron chi connectivity index (χ1n) is 11.9. The van der Waals surface area contributed by atoms with Gasteiger partial charge in [-0.1, -0.05) is 65.3 Å². The van der Waals surface area contributed by atoms with Crippen LogP contribution in [0, 0.1) is 35.0 Å². The van der Waals surface area contributed by atoms with E-state index in [1.807, 2.05) is 24.3 Å². The average Bonchev–Trinajstić information content (AvgIpc) is 3.32. The van der Waals surface area contributed by atoms with Crippen molar-refractivity contribution in [1.82, 2.24) is 4.98 Å². The molecule has 0 radical (unpaired) electrons. The Morgan fingerprint density at radius 1 is 1.10 bits per heavy atom. The number of hydrogen-bond acceptors (Lipinski definition) is 4. The summed E-state index contributed by atoms with van der Waals surface area (Å²) in [4.78, 5) is 4.54. The summed E-state index contributed by atoms with van der Waals surface area (Å²) in [5, 5.41) is -0.289. The van der Waals surface area contributed by atoms with Gasteiger partial charge < -0.3 is 0 Å². The van der Waals surface area contributed by atoms with E-state index in [4.69, 9.17) is 0 Å². The quantitative estimate of drug-likeness (QED) is 0.431. The van der Waals surface area contributed by atoms with E-state index >= 15 is 0 Å². The Morgan fingerprint density at radius 3 is 2.55 bits per heavy atom. The molecule has 0 amide bonds. The highest BCUT2D eigenvalue weighted by molar-refractivity contribution is 7.94. The topological polar surface area (TPSA) is 47.0 Å². The molecule has 2 saturated carbocycles. The van der Waals surface area contributed by atoms with Crippen molar-refractivity contribution in [3.63, 3.8) is 0 Å². The van der Waals surface area contributed by atoms with Gasteiger partial charge in [0.05, 0.1) is 15.5 Å². The molecule has 1 aromatic heterocycles. The lowest BCUT2D eigenvalue weighted by molar-refractivity contribution is 0.0831. The van der Waals surface area contributed by atoms with Crippen LogP contribution in [-0.4, -0.2) is 18.7 Å². The Balaban J connectivity index is 1.60. The van der Waals surface area contributed by atoms with E-state index < -0.39 is 9.84 Å². The second kappa shape index (κ2) is 8.62. The van der Waals surface area contributed by atoms with Gasteiger partial charge in [-0.15, -0.1) is 11.3 Å². The number of aromatic nitrogens is 1. The summed E-state index contributed by atoms with van der Waals surface area (Å²) in [6.07, 6.45) is 9.87. The highest BCUT2D eigenvalue weighted by Gasteiger charge is 2.55. The zero-order chi connectivity index (χ0) is 22.4. The molecule has 31 heavy (non-hydrogen) atoms. The molecule has 6 atom stereocenters. The molecular weight excluding hydrogens is 422 g/mol. The van der Waals surface area contributed by atoms with Gasteiger partial charge in [-0.05, 0) is 72.8 Å². The smallest absolute Gasteiger partial charge is 0.210 e. The lowest BCUT2D eigenvalue weighted by Crippen LogP contribution is -2.44. The number of para-hydroxylation sites is 1. The summed E-state index contributed by atoms with van der Waals surface area (Å²) >= 11 is 1.34. The fourth-order valence-corrected chi connectivity index (χ4v) is 9.85. The standard InChI is InChI=1S/C26H37NO2S2/c1-17(2)18(3)12-13-19(4)20-14-15-21-24(11-8-16-26(20,21)5)31(28,29)25-27-22-9-6-7-10-23(22)30-25/h6-7,9-10,12-13,17-21,24H,8,11,14-16H2,1-5H3/b13-12+/t18-,19+,20+,21-,24-,26+/m0/s1. The van der Waals surface area contributed by atoms with Crippen molar-refractivity contribution >= 4 is 31.4 Å². The normalized spacial score (nSPS) is 31.4. The van der Waals surface area contributed by atoms with Crippen molar-refractivity contribution in [2.24, 2.45) is 35.0 Å². The van der Waals surface area contributed by atoms with E-state index in [1.165, 1.54) is 11.3 Å². The number of sulfone groups is 1. The second-order valence-electron chi connectivity index (χ2n) is 10.6. The Labute approximate surface area is 192 Å². The van der Waals surface area contributed by atoms with Crippen molar-refractivity contribution in [2.45, 2.75) is 76.3 Å². The van der Waals surface area contributed by atoms with Gasteiger partial charge in [-0.25, -0.2) is 13.4 Å². The van der Waals surface area contributed by atoms with E-state index in [0.717, 1.165) is 42.3 Å². The number of allylic oxidation sites excluding steroid dienone is 2. The summed E-state index contributed by atoms with van der Waals surface area (Å²) in [5.74, 6) is 2.50. The Kier molecular flexibility index (Phi) is 6.39. The zero-order valence-electron chi connectivity index (χ0n) is 19.5. The molecule has 0 spiro atoms. The minimum absolute atomic E-state index is 0.0947. The number of benzene rings is 1. The molecule has 0 bridgehead atoms. The monoisotopic (exact) mass is 459 g/mol. The maximum Gasteiger partial charge on any atom is 0.210 e. The first-order chi connectivity index (χ1) is 14.6. The Bertz CT molecular complexity index is 1020. The first kappa shape index (κ1) is 23.0. The largest absolute Gasteiger partial charge is 0.225 e. The van der Waals surface area contributed by atoms with Crippen LogP contribution < -0.4 is 0 Å². The molecular formula is C26H37NO2S2. The van der Waals surface area contributed by atoms with Gasteiger partial charge in [0, 0.05) is 0 Å². The van der Waals surface area contributed by atoms with Crippen molar-refractivity contribution in [3.05, 3.63) is 36.4 Å². The van der Waals surface area contributed by atoms with E-state index in [2.05, 4.69) is 51.8 Å². The Morgan fingerprint density at radius 2 is 1.84 bits per heavy atom. The van der Waals surface area contributed by atoms with Gasteiger partial charge >= 0.3 is 0 Å². The van der Waals surface area contributed by atoms with E-state index in [9.17, 15) is 8.42 Å². The van der Waals surface area contributed by atoms with Crippen LogP contribution in [0.2, 0.25) is 0 Å². The SMILES string of the molecule is CC(C)[C@@H](C)/C=C/[C@@H](C)[C@H]1CC[C@H]2[C@@H](S(=O)(=O)c3nc4ccccc4s3)CCC[C@]12C. The highest BCUT2D eigenvalue weighted by Crippen LogP contribution is 2.59. The molecule has 0 saturated heterocycles. The van der Waals surface area contributed by atoms with Gasteiger partial charge in [0.15, 0.2) is 0 Å². The third-order valence-electron chi connectivity index (χ3n) is 8.46. The molecule has 2 fully saturated rings. The van der Waals surface area contributed by atoms with Crippen LogP contribution in [0.15, 0.2) is 40.8 Å². The first-order valence-corrected chi connectivity index (χ1v) is 14.3. The molecule has 3 nitrogen and oxygen atoms in total. The van der Waals surface area contributed by atoms with Crippen LogP contribution in [0.3, 0.4) is 0 Å². The van der Waals surface area contributed by atoms with E-state index in [0.29, 0.717) is 28.0 Å². The van der Waals surface area contributed by atoms with Crippen molar-refractivity contribution in [1.29, 1.82) is 0 Å². The van der Waals surface area contributed by atoms with Crippen LogP contribution in [0.25, 0.3) is 10.2 Å². The fourth-order valence-electron chi connectivity index (χ4n) is 6.20. The van der Waals surface area contributed by atoms with Gasteiger partial charge in [0.25, 0.3) is 0 Å². The van der Waals surface area contributed by atoms with E-state index in [1.54, 1.807) is 0 Å². The van der Waals surface area contributed by atoms with Crippen molar-refractivity contribution in [2.75, 3.05) is 0 Å². The van der Waals surface area contributed by atoms with E-state index in [-0.39, 0.29) is 16.6 Å². The summed E-state index contributed by atoms with van der Waals surface area (Å²) < 4.78 is 28.8. The fraction of sp³-hybridized carbons (Fsp3) is 0.654. The van der Waals surface area contributed by atoms with Crippen molar-refractivity contribution in [3.8, 4) is 0 Å². The summed E-state index contributed by atoms with van der Waals surface area (Å²) in [6, 6.07) is 7.75. The van der Waals surface area contributed by atoms with Crippen LogP contribution in [0.1, 0.15) is 66.7 Å². The van der Waals surface area contributed by atoms with Gasteiger partial charge in [0.1, 0.15) is 0 Å². The number of rotatable bonds is 6. The number of fused-ring (bicyclic) bond motifs is 2. The lowest BCUT2D eigenvalue weighted by Gasteiger charge is -2.45. The van der Waals surface area contributed by atoms with Crippen LogP contribution in [-0.2, 0) is 9.84 Å². The molecule has 1 aromatic carbocycles. The maximum absolute atomic E-state index is 13.7. The van der Waals surface area contributed by atoms with Gasteiger partial charge in [-0.3, -0.25) is 0 Å². The second-order valence-corrected chi connectivity index (χ2v) is 13.9. The third-order valence-corrected chi connectivity index (χ3v) is 12.2. The minimum Gasteiger partial charge on any atom is -0.225 e.